The molecular weight excluding hydrogens is 449 g/mol. The van der Waals surface area contributed by atoms with E-state index >= 15 is 0 Å². The summed E-state index contributed by atoms with van der Waals surface area (Å²) in [4.78, 5) is 26.0. The summed E-state index contributed by atoms with van der Waals surface area (Å²) >= 11 is 5.57. The number of anilines is 1. The monoisotopic (exact) mass is 466 g/mol. The van der Waals surface area contributed by atoms with Crippen LogP contribution in [0.5, 0.6) is 5.75 Å². The second-order valence-corrected chi connectivity index (χ2v) is 7.19. The number of carbonyl (C=O) groups is 2. The zero-order valence-electron chi connectivity index (χ0n) is 16.8. The fourth-order valence-corrected chi connectivity index (χ4v) is 3.02. The van der Waals surface area contributed by atoms with Gasteiger partial charge in [-0.3, -0.25) is 9.59 Å². The van der Waals surface area contributed by atoms with Crippen LogP contribution in [-0.4, -0.2) is 30.3 Å². The molecule has 168 valence electrons. The molecule has 3 rings (SSSR count). The Hall–Kier alpha value is -3.46. The Labute approximate surface area is 186 Å². The molecule has 1 heterocycles. The minimum absolute atomic E-state index is 0.00193. The summed E-state index contributed by atoms with van der Waals surface area (Å²) in [5, 5.41) is 1.85. The fraction of sp³-hybridized carbons (Fsp3) is 0.182. The number of benzene rings is 2. The van der Waals surface area contributed by atoms with E-state index in [1.165, 1.54) is 19.4 Å². The highest BCUT2D eigenvalue weighted by atomic mass is 35.5. The Morgan fingerprint density at radius 3 is 2.53 bits per heavy atom. The van der Waals surface area contributed by atoms with Gasteiger partial charge in [0.15, 0.2) is 5.76 Å². The van der Waals surface area contributed by atoms with Crippen LogP contribution in [0.25, 0.3) is 0 Å². The third-order valence-corrected chi connectivity index (χ3v) is 4.69. The van der Waals surface area contributed by atoms with Gasteiger partial charge in [-0.25, -0.2) is 0 Å². The average molecular weight is 467 g/mol. The van der Waals surface area contributed by atoms with Gasteiger partial charge in [-0.05, 0) is 36.4 Å². The number of likely N-dealkylation sites (N-methyl/N-ethyl adjacent to an activating group) is 1. The Morgan fingerprint density at radius 2 is 1.84 bits per heavy atom. The van der Waals surface area contributed by atoms with Crippen LogP contribution >= 0.6 is 11.6 Å². The number of nitrogens with one attached hydrogen (secondary N) is 1. The zero-order chi connectivity index (χ0) is 23.3. The van der Waals surface area contributed by atoms with Crippen LogP contribution < -0.4 is 10.1 Å². The highest BCUT2D eigenvalue weighted by Crippen LogP contribution is 2.36. The molecule has 32 heavy (non-hydrogen) atoms. The van der Waals surface area contributed by atoms with Crippen molar-refractivity contribution in [3.05, 3.63) is 82.8 Å². The van der Waals surface area contributed by atoms with Crippen molar-refractivity contribution in [1.82, 2.24) is 4.90 Å². The molecule has 0 bridgehead atoms. The zero-order valence-corrected chi connectivity index (χ0v) is 17.5. The fourth-order valence-electron chi connectivity index (χ4n) is 2.80. The van der Waals surface area contributed by atoms with Crippen LogP contribution in [0, 0.1) is 0 Å². The summed E-state index contributed by atoms with van der Waals surface area (Å²) in [5.41, 5.74) is -0.679. The van der Waals surface area contributed by atoms with E-state index in [1.54, 1.807) is 18.2 Å². The maximum absolute atomic E-state index is 13.0. The highest BCUT2D eigenvalue weighted by molar-refractivity contribution is 6.31. The minimum atomic E-state index is -4.66. The lowest BCUT2D eigenvalue weighted by Gasteiger charge is -2.17. The van der Waals surface area contributed by atoms with E-state index in [0.717, 1.165) is 17.0 Å². The molecule has 3 aromatic rings. The first-order valence-corrected chi connectivity index (χ1v) is 9.69. The lowest BCUT2D eigenvalue weighted by molar-refractivity contribution is -0.137. The Morgan fingerprint density at radius 1 is 1.12 bits per heavy atom. The Kier molecular flexibility index (Phi) is 7.09. The molecule has 2 amide bonds. The van der Waals surface area contributed by atoms with E-state index in [2.05, 4.69) is 5.32 Å². The van der Waals surface area contributed by atoms with Gasteiger partial charge in [0.2, 0.25) is 5.91 Å². The Bertz CT molecular complexity index is 1100. The van der Waals surface area contributed by atoms with Gasteiger partial charge in [0.1, 0.15) is 12.4 Å². The predicted octanol–water partition coefficient (Wildman–Crippen LogP) is 5.24. The lowest BCUT2D eigenvalue weighted by Crippen LogP contribution is -2.35. The van der Waals surface area contributed by atoms with Crippen molar-refractivity contribution in [3.63, 3.8) is 0 Å². The minimum Gasteiger partial charge on any atom is -0.489 e. The topological polar surface area (TPSA) is 71.8 Å². The van der Waals surface area contributed by atoms with Gasteiger partial charge in [0, 0.05) is 18.3 Å². The van der Waals surface area contributed by atoms with Crippen molar-refractivity contribution < 1.29 is 31.9 Å². The number of halogens is 4. The number of alkyl halides is 3. The summed E-state index contributed by atoms with van der Waals surface area (Å²) < 4.78 is 49.8. The molecule has 0 aliphatic heterocycles. The van der Waals surface area contributed by atoms with Crippen LogP contribution in [0.4, 0.5) is 18.9 Å². The third-order valence-electron chi connectivity index (χ3n) is 4.36. The molecule has 2 aromatic carbocycles. The van der Waals surface area contributed by atoms with Crippen LogP contribution in [0.1, 0.15) is 21.7 Å². The van der Waals surface area contributed by atoms with Gasteiger partial charge in [0.05, 0.1) is 23.4 Å². The van der Waals surface area contributed by atoms with E-state index in [1.807, 2.05) is 18.2 Å². The summed E-state index contributed by atoms with van der Waals surface area (Å²) in [5.74, 6) is -0.656. The first-order chi connectivity index (χ1) is 15.1. The third kappa shape index (κ3) is 5.82. The van der Waals surface area contributed by atoms with Gasteiger partial charge in [-0.15, -0.1) is 0 Å². The number of hydrogen-bond acceptors (Lipinski definition) is 4. The molecule has 1 N–H and O–H groups in total. The van der Waals surface area contributed by atoms with E-state index in [-0.39, 0.29) is 18.1 Å². The summed E-state index contributed by atoms with van der Waals surface area (Å²) in [7, 11) is 1.37. The van der Waals surface area contributed by atoms with Crippen molar-refractivity contribution in [2.45, 2.75) is 12.8 Å². The number of furan rings is 1. The number of hydrogen-bond donors (Lipinski definition) is 1. The first-order valence-electron chi connectivity index (χ1n) is 9.31. The normalized spacial score (nSPS) is 11.2. The van der Waals surface area contributed by atoms with E-state index in [0.29, 0.717) is 11.3 Å². The van der Waals surface area contributed by atoms with Crippen molar-refractivity contribution in [2.75, 3.05) is 18.9 Å². The van der Waals surface area contributed by atoms with Gasteiger partial charge >= 0.3 is 6.18 Å². The molecule has 0 aliphatic carbocycles. The SMILES string of the molecule is CN(CC(=O)Nc1ccc(Cl)c(C(F)(F)F)c1)C(=O)c1occc1COc1ccccc1. The summed E-state index contributed by atoms with van der Waals surface area (Å²) in [6.07, 6.45) is -3.33. The molecular formula is C22H18ClF3N2O4. The standard InChI is InChI=1S/C22H18ClF3N2O4/c1-28(12-19(29)27-15-7-8-18(23)17(11-15)22(24,25)26)21(30)20-14(9-10-31-20)13-32-16-5-3-2-4-6-16/h2-11H,12-13H2,1H3,(H,27,29). The number of ether oxygens (including phenoxy) is 1. The number of amides is 2. The molecule has 0 atom stereocenters. The lowest BCUT2D eigenvalue weighted by atomic mass is 10.2. The van der Waals surface area contributed by atoms with Crippen molar-refractivity contribution in [3.8, 4) is 5.75 Å². The summed E-state index contributed by atoms with van der Waals surface area (Å²) in [6.45, 7) is -0.338. The van der Waals surface area contributed by atoms with Gasteiger partial charge in [0.25, 0.3) is 5.91 Å². The largest absolute Gasteiger partial charge is 0.489 e. The molecule has 0 spiro atoms. The Balaban J connectivity index is 1.62. The van der Waals surface area contributed by atoms with Gasteiger partial charge in [-0.2, -0.15) is 13.2 Å². The molecule has 0 aliphatic rings. The maximum atomic E-state index is 13.0. The highest BCUT2D eigenvalue weighted by Gasteiger charge is 2.33. The van der Waals surface area contributed by atoms with Gasteiger partial charge < -0.3 is 19.4 Å². The van der Waals surface area contributed by atoms with Crippen molar-refractivity contribution in [2.24, 2.45) is 0 Å². The first kappa shape index (κ1) is 23.2. The molecule has 0 saturated heterocycles. The van der Waals surface area contributed by atoms with E-state index < -0.39 is 35.1 Å². The summed E-state index contributed by atoms with van der Waals surface area (Å²) in [6, 6.07) is 13.6. The smallest absolute Gasteiger partial charge is 0.417 e. The van der Waals surface area contributed by atoms with Crippen LogP contribution in [0.2, 0.25) is 5.02 Å². The average Bonchev–Trinajstić information content (AvgIpc) is 3.21. The van der Waals surface area contributed by atoms with E-state index in [9.17, 15) is 22.8 Å². The number of carbonyl (C=O) groups excluding carboxylic acids is 2. The maximum Gasteiger partial charge on any atom is 0.417 e. The number of rotatable bonds is 7. The number of nitrogens with zero attached hydrogens (tertiary/aromatic N) is 1. The van der Waals surface area contributed by atoms with E-state index in [4.69, 9.17) is 20.8 Å². The molecule has 0 radical (unpaired) electrons. The molecule has 6 nitrogen and oxygen atoms in total. The molecule has 0 fully saturated rings. The van der Waals surface area contributed by atoms with Crippen LogP contribution in [0.15, 0.2) is 65.3 Å². The van der Waals surface area contributed by atoms with Crippen LogP contribution in [0.3, 0.4) is 0 Å². The van der Waals surface area contributed by atoms with Crippen molar-refractivity contribution in [1.29, 1.82) is 0 Å². The molecule has 0 saturated carbocycles. The second kappa shape index (κ2) is 9.78. The predicted molar refractivity (Wildman–Crippen MR) is 112 cm³/mol. The quantitative estimate of drug-likeness (QED) is 0.517. The van der Waals surface area contributed by atoms with Gasteiger partial charge in [-0.1, -0.05) is 29.8 Å². The molecule has 10 heteroatoms. The van der Waals surface area contributed by atoms with Crippen LogP contribution in [-0.2, 0) is 17.6 Å². The molecule has 0 unspecified atom stereocenters. The molecule has 1 aromatic heterocycles. The second-order valence-electron chi connectivity index (χ2n) is 6.78. The van der Waals surface area contributed by atoms with Crippen molar-refractivity contribution >= 4 is 29.1 Å². The number of para-hydroxylation sites is 1.